The SMILES string of the molecule is CCC(C)NC(=O)CCn1c(CCl)nc2c(C)ccnc21. The van der Waals surface area contributed by atoms with Crippen LogP contribution in [-0.2, 0) is 17.2 Å². The number of hydrogen-bond donors (Lipinski definition) is 1. The highest BCUT2D eigenvalue weighted by atomic mass is 35.5. The third kappa shape index (κ3) is 3.53. The van der Waals surface area contributed by atoms with Gasteiger partial charge in [0.05, 0.1) is 5.88 Å². The van der Waals surface area contributed by atoms with Gasteiger partial charge in [-0.2, -0.15) is 0 Å². The number of carbonyl (C=O) groups excluding carboxylic acids is 1. The highest BCUT2D eigenvalue weighted by Crippen LogP contribution is 2.19. The summed E-state index contributed by atoms with van der Waals surface area (Å²) in [7, 11) is 0. The van der Waals surface area contributed by atoms with Gasteiger partial charge in [-0.1, -0.05) is 6.92 Å². The number of aryl methyl sites for hydroxylation is 2. The van der Waals surface area contributed by atoms with Crippen LogP contribution in [0.25, 0.3) is 11.2 Å². The molecule has 1 N–H and O–H groups in total. The van der Waals surface area contributed by atoms with Gasteiger partial charge in [0.25, 0.3) is 0 Å². The van der Waals surface area contributed by atoms with E-state index in [4.69, 9.17) is 11.6 Å². The first-order chi connectivity index (χ1) is 10.1. The molecule has 0 aromatic carbocycles. The number of rotatable bonds is 6. The molecular weight excluding hydrogens is 288 g/mol. The highest BCUT2D eigenvalue weighted by Gasteiger charge is 2.14. The van der Waals surface area contributed by atoms with E-state index in [-0.39, 0.29) is 11.9 Å². The number of halogens is 1. The number of amides is 1. The van der Waals surface area contributed by atoms with Crippen molar-refractivity contribution in [3.8, 4) is 0 Å². The number of hydrogen-bond acceptors (Lipinski definition) is 3. The second kappa shape index (κ2) is 6.89. The summed E-state index contributed by atoms with van der Waals surface area (Å²) >= 11 is 5.97. The molecule has 2 aromatic rings. The zero-order valence-electron chi connectivity index (χ0n) is 12.7. The maximum atomic E-state index is 11.9. The van der Waals surface area contributed by atoms with Crippen LogP contribution in [0.2, 0.25) is 0 Å². The molecule has 0 bridgehead atoms. The molecule has 0 saturated heterocycles. The molecule has 0 aliphatic heterocycles. The number of pyridine rings is 1. The zero-order valence-corrected chi connectivity index (χ0v) is 13.4. The molecule has 2 aromatic heterocycles. The lowest BCUT2D eigenvalue weighted by Gasteiger charge is -2.12. The molecule has 0 aliphatic carbocycles. The van der Waals surface area contributed by atoms with Crippen LogP contribution in [-0.4, -0.2) is 26.5 Å². The van der Waals surface area contributed by atoms with Gasteiger partial charge >= 0.3 is 0 Å². The Morgan fingerprint density at radius 2 is 2.29 bits per heavy atom. The Labute approximate surface area is 129 Å². The minimum Gasteiger partial charge on any atom is -0.354 e. The van der Waals surface area contributed by atoms with Crippen LogP contribution < -0.4 is 5.32 Å². The van der Waals surface area contributed by atoms with Crippen molar-refractivity contribution in [2.75, 3.05) is 0 Å². The number of alkyl halides is 1. The number of nitrogens with one attached hydrogen (secondary N) is 1. The first kappa shape index (κ1) is 15.8. The molecule has 0 saturated carbocycles. The van der Waals surface area contributed by atoms with Crippen LogP contribution in [0.1, 0.15) is 38.1 Å². The molecule has 1 amide bonds. The summed E-state index contributed by atoms with van der Waals surface area (Å²) in [5.74, 6) is 1.10. The van der Waals surface area contributed by atoms with Crippen LogP contribution in [0.5, 0.6) is 0 Å². The Morgan fingerprint density at radius 3 is 2.95 bits per heavy atom. The second-order valence-corrected chi connectivity index (χ2v) is 5.51. The Morgan fingerprint density at radius 1 is 1.52 bits per heavy atom. The Kier molecular flexibility index (Phi) is 5.17. The fourth-order valence-corrected chi connectivity index (χ4v) is 2.39. The van der Waals surface area contributed by atoms with Crippen LogP contribution in [0, 0.1) is 6.92 Å². The van der Waals surface area contributed by atoms with Crippen molar-refractivity contribution >= 4 is 28.7 Å². The van der Waals surface area contributed by atoms with Gasteiger partial charge in [0.15, 0.2) is 5.65 Å². The van der Waals surface area contributed by atoms with Gasteiger partial charge < -0.3 is 9.88 Å². The molecule has 0 radical (unpaired) electrons. The quantitative estimate of drug-likeness (QED) is 0.835. The molecular formula is C15H21ClN4O. The summed E-state index contributed by atoms with van der Waals surface area (Å²) < 4.78 is 1.94. The second-order valence-electron chi connectivity index (χ2n) is 5.24. The number of carbonyl (C=O) groups is 1. The van der Waals surface area contributed by atoms with E-state index in [1.807, 2.05) is 31.4 Å². The maximum Gasteiger partial charge on any atom is 0.222 e. The van der Waals surface area contributed by atoms with E-state index >= 15 is 0 Å². The van der Waals surface area contributed by atoms with Crippen molar-refractivity contribution in [3.05, 3.63) is 23.7 Å². The number of fused-ring (bicyclic) bond motifs is 1. The van der Waals surface area contributed by atoms with Gasteiger partial charge in [-0.3, -0.25) is 4.79 Å². The van der Waals surface area contributed by atoms with E-state index in [2.05, 4.69) is 15.3 Å². The van der Waals surface area contributed by atoms with Gasteiger partial charge in [-0.05, 0) is 31.9 Å². The molecule has 2 heterocycles. The molecule has 5 nitrogen and oxygen atoms in total. The lowest BCUT2D eigenvalue weighted by atomic mass is 10.2. The number of aromatic nitrogens is 3. The van der Waals surface area contributed by atoms with E-state index in [0.29, 0.717) is 18.8 Å². The minimum absolute atomic E-state index is 0.0411. The molecule has 1 unspecified atom stereocenters. The van der Waals surface area contributed by atoms with E-state index in [1.54, 1.807) is 6.20 Å². The van der Waals surface area contributed by atoms with Crippen molar-refractivity contribution in [3.63, 3.8) is 0 Å². The van der Waals surface area contributed by atoms with Gasteiger partial charge in [-0.25, -0.2) is 9.97 Å². The predicted molar refractivity (Wildman–Crippen MR) is 84.3 cm³/mol. The number of imidazole rings is 1. The summed E-state index contributed by atoms with van der Waals surface area (Å²) in [5.41, 5.74) is 2.71. The fourth-order valence-electron chi connectivity index (χ4n) is 2.18. The van der Waals surface area contributed by atoms with Crippen LogP contribution in [0.15, 0.2) is 12.3 Å². The Hall–Kier alpha value is -1.62. The third-order valence-corrected chi connectivity index (χ3v) is 3.86. The average Bonchev–Trinajstić information content (AvgIpc) is 2.84. The average molecular weight is 309 g/mol. The van der Waals surface area contributed by atoms with E-state index in [9.17, 15) is 4.79 Å². The van der Waals surface area contributed by atoms with Crippen molar-refractivity contribution in [1.29, 1.82) is 0 Å². The van der Waals surface area contributed by atoms with Gasteiger partial charge in [-0.15, -0.1) is 11.6 Å². The molecule has 6 heteroatoms. The molecule has 0 aliphatic rings. The molecule has 0 spiro atoms. The molecule has 21 heavy (non-hydrogen) atoms. The fraction of sp³-hybridized carbons (Fsp3) is 0.533. The van der Waals surface area contributed by atoms with Gasteiger partial charge in [0, 0.05) is 25.2 Å². The van der Waals surface area contributed by atoms with Gasteiger partial charge in [0.2, 0.25) is 5.91 Å². The van der Waals surface area contributed by atoms with Crippen molar-refractivity contribution in [2.45, 2.75) is 52.1 Å². The zero-order chi connectivity index (χ0) is 15.4. The van der Waals surface area contributed by atoms with Crippen LogP contribution >= 0.6 is 11.6 Å². The first-order valence-corrected chi connectivity index (χ1v) is 7.76. The lowest BCUT2D eigenvalue weighted by molar-refractivity contribution is -0.121. The van der Waals surface area contributed by atoms with Crippen molar-refractivity contribution in [1.82, 2.24) is 19.9 Å². The van der Waals surface area contributed by atoms with E-state index < -0.39 is 0 Å². The normalized spacial score (nSPS) is 12.6. The van der Waals surface area contributed by atoms with E-state index in [1.165, 1.54) is 0 Å². The summed E-state index contributed by atoms with van der Waals surface area (Å²) in [5, 5.41) is 2.96. The van der Waals surface area contributed by atoms with Crippen molar-refractivity contribution < 1.29 is 4.79 Å². The van der Waals surface area contributed by atoms with Crippen molar-refractivity contribution in [2.24, 2.45) is 0 Å². The molecule has 2 rings (SSSR count). The maximum absolute atomic E-state index is 11.9. The largest absolute Gasteiger partial charge is 0.354 e. The Bertz CT molecular complexity index is 638. The van der Waals surface area contributed by atoms with Crippen LogP contribution in [0.3, 0.4) is 0 Å². The minimum atomic E-state index is 0.0411. The predicted octanol–water partition coefficient (Wildman–Crippen LogP) is 2.78. The van der Waals surface area contributed by atoms with E-state index in [0.717, 1.165) is 29.0 Å². The van der Waals surface area contributed by atoms with Crippen LogP contribution in [0.4, 0.5) is 0 Å². The summed E-state index contributed by atoms with van der Waals surface area (Å²) in [6.07, 6.45) is 3.08. The summed E-state index contributed by atoms with van der Waals surface area (Å²) in [6, 6.07) is 2.12. The summed E-state index contributed by atoms with van der Waals surface area (Å²) in [6.45, 7) is 6.58. The third-order valence-electron chi connectivity index (χ3n) is 3.62. The summed E-state index contributed by atoms with van der Waals surface area (Å²) in [4.78, 5) is 20.8. The molecule has 0 fully saturated rings. The highest BCUT2D eigenvalue weighted by molar-refractivity contribution is 6.16. The smallest absolute Gasteiger partial charge is 0.222 e. The monoisotopic (exact) mass is 308 g/mol. The standard InChI is InChI=1S/C15H21ClN4O/c1-4-11(3)18-13(21)6-8-20-12(9-16)19-14-10(2)5-7-17-15(14)20/h5,7,11H,4,6,8-9H2,1-3H3,(H,18,21). The Balaban J connectivity index is 2.18. The molecule has 1 atom stereocenters. The van der Waals surface area contributed by atoms with Gasteiger partial charge in [0.1, 0.15) is 11.3 Å². The number of nitrogens with zero attached hydrogens (tertiary/aromatic N) is 3. The lowest BCUT2D eigenvalue weighted by Crippen LogP contribution is -2.32. The topological polar surface area (TPSA) is 59.8 Å². The molecule has 114 valence electrons. The first-order valence-electron chi connectivity index (χ1n) is 7.22.